The molecule has 0 spiro atoms. The molecule has 0 aromatic carbocycles. The molecular weight excluding hydrogens is 140 g/mol. The van der Waals surface area contributed by atoms with Crippen molar-refractivity contribution in [1.82, 2.24) is 4.90 Å². The van der Waals surface area contributed by atoms with E-state index in [0.29, 0.717) is 0 Å². The Morgan fingerprint density at radius 1 is 1.67 bits per heavy atom. The molecule has 1 saturated heterocycles. The lowest BCUT2D eigenvalue weighted by Gasteiger charge is -2.10. The molecule has 0 aliphatic carbocycles. The summed E-state index contributed by atoms with van der Waals surface area (Å²) in [5.41, 5.74) is 5.51. The van der Waals surface area contributed by atoms with E-state index >= 15 is 0 Å². The van der Waals surface area contributed by atoms with Crippen LogP contribution in [-0.2, 0) is 0 Å². The van der Waals surface area contributed by atoms with Gasteiger partial charge >= 0.3 is 0 Å². The first-order chi connectivity index (χ1) is 3.70. The maximum Gasteiger partial charge on any atom is 0.108 e. The van der Waals surface area contributed by atoms with Crippen LogP contribution >= 0.6 is 12.4 Å². The first kappa shape index (κ1) is 9.17. The number of halogens is 1. The number of hydrogen-bond acceptors (Lipinski definition) is 3. The summed E-state index contributed by atoms with van der Waals surface area (Å²) in [6.07, 6.45) is 0.418. The highest BCUT2D eigenvalue weighted by molar-refractivity contribution is 5.85. The molecule has 0 bridgehead atoms. The summed E-state index contributed by atoms with van der Waals surface area (Å²) in [4.78, 5) is 1.85. The number of nitrogens with two attached hydrogens (primary N) is 1. The summed E-state index contributed by atoms with van der Waals surface area (Å²) in [5.74, 6) is 0. The van der Waals surface area contributed by atoms with E-state index < -0.39 is 0 Å². The Morgan fingerprint density at radius 3 is 2.33 bits per heavy atom. The predicted octanol–water partition coefficient (Wildman–Crippen LogP) is -0.611. The zero-order valence-electron chi connectivity index (χ0n) is 5.45. The summed E-state index contributed by atoms with van der Waals surface area (Å²) < 4.78 is 0. The molecule has 0 amide bonds. The minimum absolute atomic E-state index is 0. The molecule has 2 unspecified atom stereocenters. The van der Waals surface area contributed by atoms with Gasteiger partial charge in [-0.05, 0) is 7.05 Å². The van der Waals surface area contributed by atoms with Crippen LogP contribution < -0.4 is 5.73 Å². The van der Waals surface area contributed by atoms with Gasteiger partial charge in [-0.3, -0.25) is 4.90 Å². The van der Waals surface area contributed by atoms with Crippen molar-refractivity contribution in [3.8, 4) is 0 Å². The van der Waals surface area contributed by atoms with E-state index in [0.717, 1.165) is 13.0 Å². The molecule has 1 rings (SSSR count). The normalized spacial score (nSPS) is 36.3. The van der Waals surface area contributed by atoms with Gasteiger partial charge in [0.1, 0.15) is 6.23 Å². The van der Waals surface area contributed by atoms with Crippen molar-refractivity contribution in [2.45, 2.75) is 18.7 Å². The van der Waals surface area contributed by atoms with E-state index in [1.165, 1.54) is 0 Å². The van der Waals surface area contributed by atoms with Crippen molar-refractivity contribution in [3.05, 3.63) is 0 Å². The Morgan fingerprint density at radius 2 is 2.22 bits per heavy atom. The fourth-order valence-electron chi connectivity index (χ4n) is 1.02. The molecule has 1 aliphatic rings. The second-order valence-electron chi connectivity index (χ2n) is 2.42. The SMILES string of the molecule is CN1CC(N)CC1O.Cl. The van der Waals surface area contributed by atoms with Crippen LogP contribution in [0, 0.1) is 0 Å². The second kappa shape index (κ2) is 3.37. The van der Waals surface area contributed by atoms with E-state index in [4.69, 9.17) is 10.8 Å². The number of nitrogens with zero attached hydrogens (tertiary/aromatic N) is 1. The van der Waals surface area contributed by atoms with Crippen molar-refractivity contribution in [3.63, 3.8) is 0 Å². The minimum atomic E-state index is -0.301. The quantitative estimate of drug-likeness (QED) is 0.487. The van der Waals surface area contributed by atoms with E-state index in [-0.39, 0.29) is 24.7 Å². The maximum absolute atomic E-state index is 9.01. The van der Waals surface area contributed by atoms with Crippen LogP contribution in [0.25, 0.3) is 0 Å². The van der Waals surface area contributed by atoms with Crippen LogP contribution in [0.2, 0.25) is 0 Å². The molecule has 0 radical (unpaired) electrons. The number of likely N-dealkylation sites (tertiary alicyclic amines) is 1. The molecule has 0 saturated carbocycles. The molecule has 9 heavy (non-hydrogen) atoms. The van der Waals surface area contributed by atoms with E-state index in [1.807, 2.05) is 11.9 Å². The lowest BCUT2D eigenvalue weighted by molar-refractivity contribution is 0.0573. The molecule has 0 aromatic heterocycles. The van der Waals surface area contributed by atoms with E-state index in [2.05, 4.69) is 0 Å². The average molecular weight is 153 g/mol. The third-order valence-corrected chi connectivity index (χ3v) is 1.54. The number of aliphatic hydroxyl groups is 1. The third kappa shape index (κ3) is 2.10. The monoisotopic (exact) mass is 152 g/mol. The minimum Gasteiger partial charge on any atom is -0.378 e. The summed E-state index contributed by atoms with van der Waals surface area (Å²) >= 11 is 0. The van der Waals surface area contributed by atoms with Gasteiger partial charge in [-0.1, -0.05) is 0 Å². The average Bonchev–Trinajstić information content (AvgIpc) is 1.85. The number of rotatable bonds is 0. The maximum atomic E-state index is 9.01. The molecule has 2 atom stereocenters. The largest absolute Gasteiger partial charge is 0.378 e. The van der Waals surface area contributed by atoms with Gasteiger partial charge < -0.3 is 10.8 Å². The highest BCUT2D eigenvalue weighted by Gasteiger charge is 2.23. The number of hydrogen-bond donors (Lipinski definition) is 2. The van der Waals surface area contributed by atoms with Crippen molar-refractivity contribution in [2.75, 3.05) is 13.6 Å². The fraction of sp³-hybridized carbons (Fsp3) is 1.00. The summed E-state index contributed by atoms with van der Waals surface area (Å²) in [6, 6.07) is 0.176. The van der Waals surface area contributed by atoms with Crippen LogP contribution in [0.15, 0.2) is 0 Å². The van der Waals surface area contributed by atoms with Gasteiger partial charge in [0.15, 0.2) is 0 Å². The summed E-state index contributed by atoms with van der Waals surface area (Å²) in [7, 11) is 1.87. The summed E-state index contributed by atoms with van der Waals surface area (Å²) in [5, 5.41) is 9.01. The Labute approximate surface area is 61.2 Å². The van der Waals surface area contributed by atoms with E-state index in [9.17, 15) is 0 Å². The Bertz CT molecular complexity index is 81.0. The van der Waals surface area contributed by atoms with Crippen LogP contribution in [0.4, 0.5) is 0 Å². The van der Waals surface area contributed by atoms with Gasteiger partial charge in [-0.25, -0.2) is 0 Å². The molecule has 0 aromatic rings. The fourth-order valence-corrected chi connectivity index (χ4v) is 1.02. The predicted molar refractivity (Wildman–Crippen MR) is 38.5 cm³/mol. The van der Waals surface area contributed by atoms with Crippen LogP contribution in [0.5, 0.6) is 0 Å². The number of likely N-dealkylation sites (N-methyl/N-ethyl adjacent to an activating group) is 1. The zero-order chi connectivity index (χ0) is 6.15. The van der Waals surface area contributed by atoms with Gasteiger partial charge in [-0.2, -0.15) is 0 Å². The molecule has 1 heterocycles. The first-order valence-corrected chi connectivity index (χ1v) is 2.84. The topological polar surface area (TPSA) is 49.5 Å². The zero-order valence-corrected chi connectivity index (χ0v) is 6.27. The molecule has 1 fully saturated rings. The van der Waals surface area contributed by atoms with Crippen molar-refractivity contribution in [1.29, 1.82) is 0 Å². The van der Waals surface area contributed by atoms with Crippen molar-refractivity contribution in [2.24, 2.45) is 5.73 Å². The standard InChI is InChI=1S/C5H12N2O.ClH/c1-7-3-4(6)2-5(7)8;/h4-5,8H,2-3,6H2,1H3;1H. The van der Waals surface area contributed by atoms with Crippen molar-refractivity contribution >= 4 is 12.4 Å². The highest BCUT2D eigenvalue weighted by atomic mass is 35.5. The molecule has 4 heteroatoms. The van der Waals surface area contributed by atoms with Gasteiger partial charge in [0.25, 0.3) is 0 Å². The molecular formula is C5H13ClN2O. The highest BCUT2D eigenvalue weighted by Crippen LogP contribution is 2.09. The lowest BCUT2D eigenvalue weighted by Crippen LogP contribution is -2.25. The molecule has 3 nitrogen and oxygen atoms in total. The first-order valence-electron chi connectivity index (χ1n) is 2.84. The van der Waals surface area contributed by atoms with Crippen LogP contribution in [0.3, 0.4) is 0 Å². The van der Waals surface area contributed by atoms with E-state index in [1.54, 1.807) is 0 Å². The lowest BCUT2D eigenvalue weighted by atomic mass is 10.3. The molecule has 3 N–H and O–H groups in total. The Hall–Kier alpha value is 0.170. The van der Waals surface area contributed by atoms with Crippen LogP contribution in [-0.4, -0.2) is 35.9 Å². The van der Waals surface area contributed by atoms with Gasteiger partial charge in [0, 0.05) is 19.0 Å². The smallest absolute Gasteiger partial charge is 0.108 e. The third-order valence-electron chi connectivity index (χ3n) is 1.54. The Kier molecular flexibility index (Phi) is 3.43. The second-order valence-corrected chi connectivity index (χ2v) is 2.42. The molecule has 56 valence electrons. The number of aliphatic hydroxyl groups excluding tert-OH is 1. The van der Waals surface area contributed by atoms with Gasteiger partial charge in [-0.15, -0.1) is 12.4 Å². The van der Waals surface area contributed by atoms with Gasteiger partial charge in [0.2, 0.25) is 0 Å². The molecule has 1 aliphatic heterocycles. The van der Waals surface area contributed by atoms with Crippen LogP contribution in [0.1, 0.15) is 6.42 Å². The van der Waals surface area contributed by atoms with Gasteiger partial charge in [0.05, 0.1) is 0 Å². The Balaban J connectivity index is 0.000000640. The van der Waals surface area contributed by atoms with Crippen molar-refractivity contribution < 1.29 is 5.11 Å². The summed E-state index contributed by atoms with van der Waals surface area (Å²) in [6.45, 7) is 0.821.